The maximum Gasteiger partial charge on any atom is 0.351 e. The Morgan fingerprint density at radius 2 is 2.08 bits per heavy atom. The molecule has 3 rings (SSSR count). The van der Waals surface area contributed by atoms with E-state index in [-0.39, 0.29) is 30.4 Å². The Kier molecular flexibility index (Phi) is 5.25. The third kappa shape index (κ3) is 3.64. The molecule has 1 aromatic heterocycles. The minimum atomic E-state index is -0.769. The number of rotatable bonds is 4. The van der Waals surface area contributed by atoms with Crippen LogP contribution in [0.1, 0.15) is 51.2 Å². The van der Waals surface area contributed by atoms with Crippen LogP contribution in [0.15, 0.2) is 11.0 Å². The molecule has 0 spiro atoms. The number of aliphatic hydroxyl groups is 1. The van der Waals surface area contributed by atoms with E-state index in [4.69, 9.17) is 9.84 Å². The minimum absolute atomic E-state index is 0.142. The molecule has 2 N–H and O–H groups in total. The maximum absolute atomic E-state index is 14.2. The molecule has 0 radical (unpaired) electrons. The zero-order valence-corrected chi connectivity index (χ0v) is 13.4. The normalized spacial score (nSPS) is 24.9. The number of ether oxygens (including phenoxy) is 1. The molecule has 2 atom stereocenters. The monoisotopic (exact) mass is 339 g/mol. The van der Waals surface area contributed by atoms with E-state index in [1.165, 1.54) is 0 Å². The fraction of sp³-hybridized carbons (Fsp3) is 0.688. The second-order valence-electron chi connectivity index (χ2n) is 6.42. The van der Waals surface area contributed by atoms with Crippen LogP contribution < -0.4 is 11.0 Å². The first-order valence-corrected chi connectivity index (χ1v) is 8.44. The fourth-order valence-electron chi connectivity index (χ4n) is 3.35. The zero-order chi connectivity index (χ0) is 17.1. The average Bonchev–Trinajstić information content (AvgIpc) is 3.07. The molecule has 1 aromatic rings. The minimum Gasteiger partial charge on any atom is -0.394 e. The predicted octanol–water partition coefficient (Wildman–Crippen LogP) is 1.57. The van der Waals surface area contributed by atoms with E-state index in [0.717, 1.165) is 42.9 Å². The van der Waals surface area contributed by atoms with Gasteiger partial charge in [0.15, 0.2) is 11.6 Å². The lowest BCUT2D eigenvalue weighted by Gasteiger charge is -2.21. The number of nitrogens with zero attached hydrogens (tertiary/aromatic N) is 2. The van der Waals surface area contributed by atoms with Crippen molar-refractivity contribution in [2.75, 3.05) is 11.9 Å². The van der Waals surface area contributed by atoms with Crippen LogP contribution in [0.4, 0.5) is 10.2 Å². The van der Waals surface area contributed by atoms with E-state index in [9.17, 15) is 14.0 Å². The van der Waals surface area contributed by atoms with E-state index in [1.54, 1.807) is 0 Å². The molecule has 1 amide bonds. The van der Waals surface area contributed by atoms with Gasteiger partial charge in [-0.2, -0.15) is 4.98 Å². The Hall–Kier alpha value is -1.80. The van der Waals surface area contributed by atoms with Crippen LogP contribution in [0.3, 0.4) is 0 Å². The molecule has 2 fully saturated rings. The highest BCUT2D eigenvalue weighted by atomic mass is 19.1. The molecule has 24 heavy (non-hydrogen) atoms. The number of aliphatic hydroxyl groups excluding tert-OH is 1. The van der Waals surface area contributed by atoms with Gasteiger partial charge in [-0.15, -0.1) is 0 Å². The third-order valence-corrected chi connectivity index (χ3v) is 4.72. The maximum atomic E-state index is 14.2. The van der Waals surface area contributed by atoms with Gasteiger partial charge in [-0.1, -0.05) is 19.3 Å². The van der Waals surface area contributed by atoms with Crippen molar-refractivity contribution in [2.24, 2.45) is 5.92 Å². The summed E-state index contributed by atoms with van der Waals surface area (Å²) >= 11 is 0. The summed E-state index contributed by atoms with van der Waals surface area (Å²) in [6.45, 7) is -0.142. The zero-order valence-electron chi connectivity index (χ0n) is 13.4. The van der Waals surface area contributed by atoms with Crippen molar-refractivity contribution >= 4 is 11.7 Å². The van der Waals surface area contributed by atoms with Crippen molar-refractivity contribution in [3.8, 4) is 0 Å². The van der Waals surface area contributed by atoms with Crippen LogP contribution in [0, 0.1) is 11.7 Å². The molecule has 0 aromatic carbocycles. The summed E-state index contributed by atoms with van der Waals surface area (Å²) in [4.78, 5) is 28.0. The van der Waals surface area contributed by atoms with Crippen molar-refractivity contribution in [3.63, 3.8) is 0 Å². The first kappa shape index (κ1) is 17.0. The van der Waals surface area contributed by atoms with Crippen molar-refractivity contribution in [1.82, 2.24) is 9.55 Å². The van der Waals surface area contributed by atoms with Crippen molar-refractivity contribution < 1.29 is 19.0 Å². The molecule has 0 unspecified atom stereocenters. The summed E-state index contributed by atoms with van der Waals surface area (Å²) in [7, 11) is 0. The Labute approximate surface area is 138 Å². The SMILES string of the molecule is O=C(Nc1nc(=O)n([C@H]2CC[C@@H](CO)O2)cc1F)C1CCCCC1. The number of amides is 1. The quantitative estimate of drug-likeness (QED) is 0.868. The lowest BCUT2D eigenvalue weighted by molar-refractivity contribution is -0.120. The molecular weight excluding hydrogens is 317 g/mol. The van der Waals surface area contributed by atoms with Crippen LogP contribution in [0.25, 0.3) is 0 Å². The van der Waals surface area contributed by atoms with Gasteiger partial charge >= 0.3 is 5.69 Å². The van der Waals surface area contributed by atoms with Crippen LogP contribution in [-0.4, -0.2) is 33.3 Å². The van der Waals surface area contributed by atoms with Crippen LogP contribution in [-0.2, 0) is 9.53 Å². The number of hydrogen-bond donors (Lipinski definition) is 2. The summed E-state index contributed by atoms with van der Waals surface area (Å²) in [6.07, 6.45) is 5.76. The van der Waals surface area contributed by atoms with Crippen LogP contribution >= 0.6 is 0 Å². The summed E-state index contributed by atoms with van der Waals surface area (Å²) in [6, 6.07) is 0. The molecule has 1 saturated carbocycles. The average molecular weight is 339 g/mol. The van der Waals surface area contributed by atoms with E-state index < -0.39 is 17.7 Å². The number of halogens is 1. The lowest BCUT2D eigenvalue weighted by atomic mass is 9.89. The molecule has 1 saturated heterocycles. The van der Waals surface area contributed by atoms with E-state index >= 15 is 0 Å². The highest BCUT2D eigenvalue weighted by Crippen LogP contribution is 2.28. The molecule has 2 heterocycles. The van der Waals surface area contributed by atoms with Gasteiger partial charge in [0.05, 0.1) is 18.9 Å². The summed E-state index contributed by atoms with van der Waals surface area (Å²) in [5.41, 5.74) is -0.682. The second-order valence-corrected chi connectivity index (χ2v) is 6.42. The summed E-state index contributed by atoms with van der Waals surface area (Å²) in [5, 5.41) is 11.5. The van der Waals surface area contributed by atoms with Crippen LogP contribution in [0.2, 0.25) is 0 Å². The van der Waals surface area contributed by atoms with E-state index in [2.05, 4.69) is 10.3 Å². The van der Waals surface area contributed by atoms with E-state index in [0.29, 0.717) is 12.8 Å². The summed E-state index contributed by atoms with van der Waals surface area (Å²) in [5.74, 6) is -1.53. The Balaban J connectivity index is 1.72. The van der Waals surface area contributed by atoms with Crippen molar-refractivity contribution in [3.05, 3.63) is 22.5 Å². The fourth-order valence-corrected chi connectivity index (χ4v) is 3.35. The number of hydrogen-bond acceptors (Lipinski definition) is 5. The molecule has 0 bridgehead atoms. The molecule has 132 valence electrons. The molecule has 1 aliphatic carbocycles. The Morgan fingerprint density at radius 1 is 1.33 bits per heavy atom. The van der Waals surface area contributed by atoms with Crippen molar-refractivity contribution in [1.29, 1.82) is 0 Å². The lowest BCUT2D eigenvalue weighted by Crippen LogP contribution is -2.31. The Morgan fingerprint density at radius 3 is 2.75 bits per heavy atom. The largest absolute Gasteiger partial charge is 0.394 e. The third-order valence-electron chi connectivity index (χ3n) is 4.72. The molecule has 1 aliphatic heterocycles. The van der Waals surface area contributed by atoms with Gasteiger partial charge in [-0.3, -0.25) is 9.36 Å². The van der Waals surface area contributed by atoms with Gasteiger partial charge in [0.2, 0.25) is 5.91 Å². The number of carbonyl (C=O) groups excluding carboxylic acids is 1. The first-order valence-electron chi connectivity index (χ1n) is 8.44. The number of anilines is 1. The van der Waals surface area contributed by atoms with Gasteiger partial charge < -0.3 is 15.2 Å². The van der Waals surface area contributed by atoms with Gasteiger partial charge in [0.25, 0.3) is 0 Å². The molecule has 7 nitrogen and oxygen atoms in total. The number of carbonyl (C=O) groups is 1. The number of nitrogens with one attached hydrogen (secondary N) is 1. The Bertz CT molecular complexity index is 657. The smallest absolute Gasteiger partial charge is 0.351 e. The molecular formula is C16H22FN3O4. The van der Waals surface area contributed by atoms with Gasteiger partial charge in [-0.25, -0.2) is 9.18 Å². The molecule has 2 aliphatic rings. The first-order chi connectivity index (χ1) is 11.6. The standard InChI is InChI=1S/C16H22FN3O4/c17-12-8-20(13-7-6-11(9-21)24-13)16(23)19-14(12)18-15(22)10-4-2-1-3-5-10/h8,10-11,13,21H,1-7,9H2,(H,18,19,22,23)/t11-,13+/m0/s1. The van der Waals surface area contributed by atoms with Crippen LogP contribution in [0.5, 0.6) is 0 Å². The number of aromatic nitrogens is 2. The van der Waals surface area contributed by atoms with E-state index in [1.807, 2.05) is 0 Å². The van der Waals surface area contributed by atoms with Gasteiger partial charge in [0, 0.05) is 5.92 Å². The van der Waals surface area contributed by atoms with Crippen molar-refractivity contribution in [2.45, 2.75) is 57.3 Å². The van der Waals surface area contributed by atoms with Gasteiger partial charge in [0.1, 0.15) is 6.23 Å². The molecule has 8 heteroatoms. The second kappa shape index (κ2) is 7.40. The summed E-state index contributed by atoms with van der Waals surface area (Å²) < 4.78 is 20.8. The highest BCUT2D eigenvalue weighted by molar-refractivity contribution is 5.91. The van der Waals surface area contributed by atoms with Gasteiger partial charge in [-0.05, 0) is 25.7 Å². The topological polar surface area (TPSA) is 93.5 Å². The highest BCUT2D eigenvalue weighted by Gasteiger charge is 2.28. The predicted molar refractivity (Wildman–Crippen MR) is 83.9 cm³/mol.